The van der Waals surface area contributed by atoms with Crippen molar-refractivity contribution in [2.75, 3.05) is 6.54 Å². The third-order valence-electron chi connectivity index (χ3n) is 2.59. The number of hydrogen-bond acceptors (Lipinski definition) is 2. The average Bonchev–Trinajstić information content (AvgIpc) is 2.73. The van der Waals surface area contributed by atoms with Crippen LogP contribution in [0.2, 0.25) is 0 Å². The molecule has 0 aliphatic heterocycles. The van der Waals surface area contributed by atoms with Gasteiger partial charge in [0.2, 0.25) is 0 Å². The van der Waals surface area contributed by atoms with Crippen molar-refractivity contribution in [2.45, 2.75) is 20.4 Å². The van der Waals surface area contributed by atoms with Crippen molar-refractivity contribution >= 4 is 0 Å². The summed E-state index contributed by atoms with van der Waals surface area (Å²) in [5.41, 5.74) is 2.47. The number of imidazole rings is 1. The first-order chi connectivity index (χ1) is 7.81. The van der Waals surface area contributed by atoms with Gasteiger partial charge in [0.05, 0.1) is 0 Å². The zero-order valence-electron chi connectivity index (χ0n) is 9.77. The van der Waals surface area contributed by atoms with Crippen LogP contribution in [-0.2, 0) is 6.54 Å². The number of nitrogens with one attached hydrogen (secondary N) is 1. The lowest BCUT2D eigenvalue weighted by Crippen LogP contribution is -2.11. The van der Waals surface area contributed by atoms with E-state index in [-0.39, 0.29) is 0 Å². The molecule has 0 amide bonds. The standard InChI is InChI=1S/C13H17N3/c1-3-14-10-12-5-4-6-13(9-12)16-8-7-15-11(16)2/h4-9,14H,3,10H2,1-2H3. The maximum Gasteiger partial charge on any atom is 0.110 e. The van der Waals surface area contributed by atoms with Gasteiger partial charge in [-0.05, 0) is 31.2 Å². The second kappa shape index (κ2) is 4.94. The molecule has 0 radical (unpaired) electrons. The van der Waals surface area contributed by atoms with Crippen LogP contribution in [0.1, 0.15) is 18.3 Å². The van der Waals surface area contributed by atoms with Gasteiger partial charge >= 0.3 is 0 Å². The Balaban J connectivity index is 2.26. The monoisotopic (exact) mass is 215 g/mol. The van der Waals surface area contributed by atoms with E-state index >= 15 is 0 Å². The molecule has 3 nitrogen and oxygen atoms in total. The van der Waals surface area contributed by atoms with Gasteiger partial charge in [-0.3, -0.25) is 0 Å². The number of benzene rings is 1. The third kappa shape index (κ3) is 2.31. The minimum Gasteiger partial charge on any atom is -0.313 e. The largest absolute Gasteiger partial charge is 0.313 e. The van der Waals surface area contributed by atoms with E-state index in [1.807, 2.05) is 19.3 Å². The molecule has 0 saturated carbocycles. The van der Waals surface area contributed by atoms with Gasteiger partial charge in [0.1, 0.15) is 5.82 Å². The highest BCUT2D eigenvalue weighted by molar-refractivity contribution is 5.36. The molecule has 16 heavy (non-hydrogen) atoms. The van der Waals surface area contributed by atoms with Crippen molar-refractivity contribution in [1.82, 2.24) is 14.9 Å². The van der Waals surface area contributed by atoms with Crippen molar-refractivity contribution in [1.29, 1.82) is 0 Å². The molecule has 84 valence electrons. The zero-order valence-corrected chi connectivity index (χ0v) is 9.77. The molecular formula is C13H17N3. The van der Waals surface area contributed by atoms with Gasteiger partial charge in [-0.1, -0.05) is 19.1 Å². The van der Waals surface area contributed by atoms with Gasteiger partial charge in [0.25, 0.3) is 0 Å². The topological polar surface area (TPSA) is 29.9 Å². The molecule has 2 rings (SSSR count). The third-order valence-corrected chi connectivity index (χ3v) is 2.59. The SMILES string of the molecule is CCNCc1cccc(-n2ccnc2C)c1. The predicted octanol–water partition coefficient (Wildman–Crippen LogP) is 2.29. The number of hydrogen-bond donors (Lipinski definition) is 1. The Bertz CT molecular complexity index is 460. The Hall–Kier alpha value is -1.61. The van der Waals surface area contributed by atoms with Crippen LogP contribution >= 0.6 is 0 Å². The van der Waals surface area contributed by atoms with E-state index in [9.17, 15) is 0 Å². The Morgan fingerprint density at radius 3 is 2.94 bits per heavy atom. The number of aromatic nitrogens is 2. The Morgan fingerprint density at radius 1 is 1.38 bits per heavy atom. The summed E-state index contributed by atoms with van der Waals surface area (Å²) < 4.78 is 2.09. The molecule has 0 saturated heterocycles. The quantitative estimate of drug-likeness (QED) is 0.848. The van der Waals surface area contributed by atoms with Gasteiger partial charge in [-0.15, -0.1) is 0 Å². The average molecular weight is 215 g/mol. The second-order valence-electron chi connectivity index (χ2n) is 3.79. The van der Waals surface area contributed by atoms with Crippen LogP contribution in [0.25, 0.3) is 5.69 Å². The summed E-state index contributed by atoms with van der Waals surface area (Å²) in [6.07, 6.45) is 3.81. The molecule has 1 aromatic carbocycles. The zero-order chi connectivity index (χ0) is 11.4. The molecule has 0 bridgehead atoms. The summed E-state index contributed by atoms with van der Waals surface area (Å²) in [7, 11) is 0. The number of aryl methyl sites for hydroxylation is 1. The molecule has 0 fully saturated rings. The fourth-order valence-electron chi connectivity index (χ4n) is 1.74. The van der Waals surface area contributed by atoms with Crippen molar-refractivity contribution in [3.05, 3.63) is 48.0 Å². The first-order valence-electron chi connectivity index (χ1n) is 5.61. The summed E-state index contributed by atoms with van der Waals surface area (Å²) in [4.78, 5) is 4.23. The molecule has 3 heteroatoms. The Labute approximate surface area is 96.1 Å². The lowest BCUT2D eigenvalue weighted by atomic mass is 10.2. The summed E-state index contributed by atoms with van der Waals surface area (Å²) in [6.45, 7) is 6.03. The minimum atomic E-state index is 0.915. The minimum absolute atomic E-state index is 0.915. The number of nitrogens with zero attached hydrogens (tertiary/aromatic N) is 2. The highest BCUT2D eigenvalue weighted by Crippen LogP contribution is 2.12. The van der Waals surface area contributed by atoms with Crippen LogP contribution in [-0.4, -0.2) is 16.1 Å². The molecule has 0 aliphatic carbocycles. The van der Waals surface area contributed by atoms with Crippen LogP contribution in [0.4, 0.5) is 0 Å². The molecule has 0 atom stereocenters. The van der Waals surface area contributed by atoms with Crippen LogP contribution in [0.3, 0.4) is 0 Å². The fourth-order valence-corrected chi connectivity index (χ4v) is 1.74. The summed E-state index contributed by atoms with van der Waals surface area (Å²) in [5, 5.41) is 3.33. The first kappa shape index (κ1) is 10.9. The lowest BCUT2D eigenvalue weighted by molar-refractivity contribution is 0.726. The summed E-state index contributed by atoms with van der Waals surface area (Å²) >= 11 is 0. The Morgan fingerprint density at radius 2 is 2.25 bits per heavy atom. The van der Waals surface area contributed by atoms with Gasteiger partial charge in [0.15, 0.2) is 0 Å². The van der Waals surface area contributed by atoms with Crippen molar-refractivity contribution in [2.24, 2.45) is 0 Å². The van der Waals surface area contributed by atoms with Crippen molar-refractivity contribution in [3.8, 4) is 5.69 Å². The van der Waals surface area contributed by atoms with E-state index in [0.717, 1.165) is 18.9 Å². The molecule has 1 aromatic heterocycles. The smallest absolute Gasteiger partial charge is 0.110 e. The van der Waals surface area contributed by atoms with Gasteiger partial charge in [-0.2, -0.15) is 0 Å². The molecule has 1 N–H and O–H groups in total. The van der Waals surface area contributed by atoms with Gasteiger partial charge < -0.3 is 9.88 Å². The summed E-state index contributed by atoms with van der Waals surface area (Å²) in [6, 6.07) is 8.52. The van der Waals surface area contributed by atoms with E-state index < -0.39 is 0 Å². The lowest BCUT2D eigenvalue weighted by Gasteiger charge is -2.08. The van der Waals surface area contributed by atoms with E-state index in [4.69, 9.17) is 0 Å². The van der Waals surface area contributed by atoms with E-state index in [1.165, 1.54) is 11.3 Å². The van der Waals surface area contributed by atoms with Gasteiger partial charge in [0, 0.05) is 24.6 Å². The predicted molar refractivity (Wildman–Crippen MR) is 65.7 cm³/mol. The van der Waals surface area contributed by atoms with Gasteiger partial charge in [-0.25, -0.2) is 4.98 Å². The Kier molecular flexibility index (Phi) is 3.37. The fraction of sp³-hybridized carbons (Fsp3) is 0.308. The van der Waals surface area contributed by atoms with E-state index in [0.29, 0.717) is 0 Å². The molecular weight excluding hydrogens is 198 g/mol. The van der Waals surface area contributed by atoms with E-state index in [2.05, 4.69) is 46.1 Å². The highest BCUT2D eigenvalue weighted by atomic mass is 15.1. The number of rotatable bonds is 4. The van der Waals surface area contributed by atoms with Crippen LogP contribution in [0, 0.1) is 6.92 Å². The molecule has 0 spiro atoms. The van der Waals surface area contributed by atoms with E-state index in [1.54, 1.807) is 0 Å². The maximum absolute atomic E-state index is 4.23. The maximum atomic E-state index is 4.23. The molecule has 0 aliphatic rings. The normalized spacial score (nSPS) is 10.6. The van der Waals surface area contributed by atoms with Crippen molar-refractivity contribution in [3.63, 3.8) is 0 Å². The van der Waals surface area contributed by atoms with Crippen molar-refractivity contribution < 1.29 is 0 Å². The molecule has 2 aromatic rings. The molecule has 0 unspecified atom stereocenters. The first-order valence-corrected chi connectivity index (χ1v) is 5.61. The van der Waals surface area contributed by atoms with Crippen LogP contribution in [0.5, 0.6) is 0 Å². The molecule has 1 heterocycles. The highest BCUT2D eigenvalue weighted by Gasteiger charge is 2.00. The van der Waals surface area contributed by atoms with Crippen LogP contribution in [0.15, 0.2) is 36.7 Å². The second-order valence-corrected chi connectivity index (χ2v) is 3.79. The van der Waals surface area contributed by atoms with Crippen LogP contribution < -0.4 is 5.32 Å². The summed E-state index contributed by atoms with van der Waals surface area (Å²) in [5.74, 6) is 1.01.